The van der Waals surface area contributed by atoms with Gasteiger partial charge in [0.2, 0.25) is 5.91 Å². The Hall–Kier alpha value is -2.45. The highest BCUT2D eigenvalue weighted by Gasteiger charge is 2.12. The van der Waals surface area contributed by atoms with Gasteiger partial charge in [0.1, 0.15) is 5.69 Å². The molecule has 0 fully saturated rings. The maximum Gasteiger partial charge on any atom is 0.303 e. The second-order valence-corrected chi connectivity index (χ2v) is 6.32. The largest absolute Gasteiger partial charge is 0.481 e. The topological polar surface area (TPSA) is 106 Å². The average molecular weight is 381 g/mol. The van der Waals surface area contributed by atoms with Crippen LogP contribution in [0.5, 0.6) is 0 Å². The zero-order chi connectivity index (χ0) is 18.9. The Morgan fingerprint density at radius 2 is 2.12 bits per heavy atom. The summed E-state index contributed by atoms with van der Waals surface area (Å²) in [6.07, 6.45) is 1.89. The fourth-order valence-electron chi connectivity index (χ4n) is 2.32. The van der Waals surface area contributed by atoms with Gasteiger partial charge in [-0.1, -0.05) is 35.9 Å². The van der Waals surface area contributed by atoms with E-state index in [1.165, 1.54) is 0 Å². The number of carbonyl (C=O) groups is 2. The third-order valence-corrected chi connectivity index (χ3v) is 3.84. The van der Waals surface area contributed by atoms with Crippen molar-refractivity contribution in [3.05, 3.63) is 41.2 Å². The molecule has 9 heteroatoms. The standard InChI is InChI=1S/C17H21ClN4O4/c1-12(9-17(24)25)8-16(23)19-6-7-26-11-13-10-22(21-20-13)15-5-3-2-4-14(15)18/h2-5,10,12H,6-9,11H2,1H3,(H,19,23)(H,24,25). The van der Waals surface area contributed by atoms with Crippen molar-refractivity contribution in [1.82, 2.24) is 20.3 Å². The summed E-state index contributed by atoms with van der Waals surface area (Å²) in [4.78, 5) is 22.2. The van der Waals surface area contributed by atoms with Gasteiger partial charge in [-0.15, -0.1) is 5.10 Å². The average Bonchev–Trinajstić information content (AvgIpc) is 3.02. The lowest BCUT2D eigenvalue weighted by molar-refractivity contribution is -0.138. The Morgan fingerprint density at radius 1 is 1.35 bits per heavy atom. The van der Waals surface area contributed by atoms with Gasteiger partial charge in [0.05, 0.1) is 30.1 Å². The van der Waals surface area contributed by atoms with E-state index in [2.05, 4.69) is 15.6 Å². The van der Waals surface area contributed by atoms with E-state index < -0.39 is 5.97 Å². The molecular weight excluding hydrogens is 360 g/mol. The van der Waals surface area contributed by atoms with Crippen molar-refractivity contribution >= 4 is 23.5 Å². The Labute approximate surface area is 156 Å². The molecule has 140 valence electrons. The van der Waals surface area contributed by atoms with Crippen LogP contribution in [-0.4, -0.2) is 45.1 Å². The predicted molar refractivity (Wildman–Crippen MR) is 95.1 cm³/mol. The minimum absolute atomic E-state index is 0.0228. The van der Waals surface area contributed by atoms with Crippen molar-refractivity contribution in [2.75, 3.05) is 13.2 Å². The van der Waals surface area contributed by atoms with Crippen LogP contribution in [0.2, 0.25) is 5.02 Å². The molecule has 1 heterocycles. The summed E-state index contributed by atoms with van der Waals surface area (Å²) < 4.78 is 7.04. The van der Waals surface area contributed by atoms with Gasteiger partial charge in [-0.3, -0.25) is 9.59 Å². The lowest BCUT2D eigenvalue weighted by atomic mass is 10.0. The van der Waals surface area contributed by atoms with E-state index >= 15 is 0 Å². The van der Waals surface area contributed by atoms with Crippen molar-refractivity contribution in [2.24, 2.45) is 5.92 Å². The molecule has 26 heavy (non-hydrogen) atoms. The highest BCUT2D eigenvalue weighted by Crippen LogP contribution is 2.18. The number of rotatable bonds is 10. The SMILES string of the molecule is CC(CC(=O)O)CC(=O)NCCOCc1cn(-c2ccccc2Cl)nn1. The summed E-state index contributed by atoms with van der Waals surface area (Å²) in [6.45, 7) is 2.65. The summed E-state index contributed by atoms with van der Waals surface area (Å²) in [6, 6.07) is 7.31. The number of carbonyl (C=O) groups excluding carboxylic acids is 1. The molecule has 0 saturated heterocycles. The van der Waals surface area contributed by atoms with Crippen molar-refractivity contribution < 1.29 is 19.4 Å². The number of hydrogen-bond donors (Lipinski definition) is 2. The number of nitrogens with zero attached hydrogens (tertiary/aromatic N) is 3. The van der Waals surface area contributed by atoms with E-state index in [4.69, 9.17) is 21.4 Å². The van der Waals surface area contributed by atoms with E-state index in [0.29, 0.717) is 23.9 Å². The second kappa shape index (κ2) is 9.88. The molecule has 1 unspecified atom stereocenters. The third kappa shape index (κ3) is 6.45. The molecule has 0 saturated carbocycles. The molecule has 2 N–H and O–H groups in total. The first kappa shape index (κ1) is 19.9. The van der Waals surface area contributed by atoms with Gasteiger partial charge in [0.15, 0.2) is 0 Å². The number of nitrogens with one attached hydrogen (secondary N) is 1. The van der Waals surface area contributed by atoms with Crippen LogP contribution in [0.25, 0.3) is 5.69 Å². The Kier molecular flexibility index (Phi) is 7.55. The molecular formula is C17H21ClN4O4. The summed E-state index contributed by atoms with van der Waals surface area (Å²) in [5, 5.41) is 20.0. The number of amides is 1. The molecule has 1 aromatic carbocycles. The van der Waals surface area contributed by atoms with Gasteiger partial charge in [-0.25, -0.2) is 4.68 Å². The summed E-state index contributed by atoms with van der Waals surface area (Å²) in [7, 11) is 0. The molecule has 0 aliphatic carbocycles. The maximum absolute atomic E-state index is 11.7. The first-order valence-electron chi connectivity index (χ1n) is 8.18. The Morgan fingerprint density at radius 3 is 2.85 bits per heavy atom. The number of hydrogen-bond acceptors (Lipinski definition) is 5. The van der Waals surface area contributed by atoms with Crippen LogP contribution in [-0.2, 0) is 20.9 Å². The van der Waals surface area contributed by atoms with Crippen LogP contribution in [0, 0.1) is 5.92 Å². The Balaban J connectivity index is 1.67. The van der Waals surface area contributed by atoms with Crippen molar-refractivity contribution in [3.63, 3.8) is 0 Å². The van der Waals surface area contributed by atoms with Gasteiger partial charge in [0, 0.05) is 19.4 Å². The fraction of sp³-hybridized carbons (Fsp3) is 0.412. The molecule has 0 spiro atoms. The monoisotopic (exact) mass is 380 g/mol. The van der Waals surface area contributed by atoms with E-state index in [0.717, 1.165) is 5.69 Å². The molecule has 2 rings (SSSR count). The molecule has 0 radical (unpaired) electrons. The smallest absolute Gasteiger partial charge is 0.303 e. The van der Waals surface area contributed by atoms with Crippen LogP contribution in [0.4, 0.5) is 0 Å². The van der Waals surface area contributed by atoms with E-state index in [1.807, 2.05) is 18.2 Å². The summed E-state index contributed by atoms with van der Waals surface area (Å²) >= 11 is 6.11. The second-order valence-electron chi connectivity index (χ2n) is 5.92. The quantitative estimate of drug-likeness (QED) is 0.611. The number of aliphatic carboxylic acids is 1. The molecule has 0 aliphatic heterocycles. The summed E-state index contributed by atoms with van der Waals surface area (Å²) in [5.41, 5.74) is 1.38. The molecule has 0 bridgehead atoms. The number of carboxylic acid groups (broad SMARTS) is 1. The normalized spacial score (nSPS) is 11.9. The molecule has 1 atom stereocenters. The molecule has 1 aromatic heterocycles. The summed E-state index contributed by atoms with van der Waals surface area (Å²) in [5.74, 6) is -1.29. The van der Waals surface area contributed by atoms with Crippen LogP contribution in [0.15, 0.2) is 30.5 Å². The third-order valence-electron chi connectivity index (χ3n) is 3.52. The Bertz CT molecular complexity index is 750. The van der Waals surface area contributed by atoms with Crippen LogP contribution >= 0.6 is 11.6 Å². The van der Waals surface area contributed by atoms with E-state index in [-0.39, 0.29) is 31.3 Å². The number of benzene rings is 1. The van der Waals surface area contributed by atoms with Crippen molar-refractivity contribution in [2.45, 2.75) is 26.4 Å². The van der Waals surface area contributed by atoms with E-state index in [1.54, 1.807) is 23.9 Å². The van der Waals surface area contributed by atoms with Crippen molar-refractivity contribution in [3.8, 4) is 5.69 Å². The lowest BCUT2D eigenvalue weighted by Crippen LogP contribution is -2.28. The van der Waals surface area contributed by atoms with E-state index in [9.17, 15) is 9.59 Å². The maximum atomic E-state index is 11.7. The zero-order valence-corrected chi connectivity index (χ0v) is 15.1. The van der Waals surface area contributed by atoms with Gasteiger partial charge in [-0.05, 0) is 18.1 Å². The predicted octanol–water partition coefficient (Wildman–Crippen LogP) is 2.05. The highest BCUT2D eigenvalue weighted by molar-refractivity contribution is 6.32. The molecule has 1 amide bonds. The van der Waals surface area contributed by atoms with Gasteiger partial charge >= 0.3 is 5.97 Å². The highest BCUT2D eigenvalue weighted by atomic mass is 35.5. The first-order valence-corrected chi connectivity index (χ1v) is 8.56. The van der Waals surface area contributed by atoms with Gasteiger partial charge in [-0.2, -0.15) is 0 Å². The molecule has 0 aliphatic rings. The van der Waals surface area contributed by atoms with Crippen LogP contribution in [0.3, 0.4) is 0 Å². The minimum Gasteiger partial charge on any atom is -0.481 e. The minimum atomic E-state index is -0.904. The lowest BCUT2D eigenvalue weighted by Gasteiger charge is -2.09. The number of halogens is 1. The number of ether oxygens (including phenoxy) is 1. The van der Waals surface area contributed by atoms with Crippen LogP contribution in [0.1, 0.15) is 25.5 Å². The number of para-hydroxylation sites is 1. The molecule has 2 aromatic rings. The zero-order valence-electron chi connectivity index (χ0n) is 14.4. The molecule has 8 nitrogen and oxygen atoms in total. The first-order chi connectivity index (χ1) is 12.5. The fourth-order valence-corrected chi connectivity index (χ4v) is 2.54. The van der Waals surface area contributed by atoms with Crippen molar-refractivity contribution in [1.29, 1.82) is 0 Å². The van der Waals surface area contributed by atoms with Gasteiger partial charge in [0.25, 0.3) is 0 Å². The number of aromatic nitrogens is 3. The number of carboxylic acids is 1. The van der Waals surface area contributed by atoms with Crippen LogP contribution < -0.4 is 5.32 Å². The van der Waals surface area contributed by atoms with Gasteiger partial charge < -0.3 is 15.2 Å².